The SMILES string of the molecule is Cc1nn(-c2ccc(NCCNC(=O)c3noc4c3CCCC4)nn2)c(C)c1C. The molecular formula is C20H25N7O2. The van der Waals surface area contributed by atoms with Gasteiger partial charge in [-0.05, 0) is 57.7 Å². The number of carbonyl (C=O) groups excluding carboxylic acids is 1. The second-order valence-corrected chi connectivity index (χ2v) is 7.31. The minimum atomic E-state index is -0.194. The molecule has 0 radical (unpaired) electrons. The number of nitrogens with zero attached hydrogens (tertiary/aromatic N) is 5. The van der Waals surface area contributed by atoms with E-state index in [-0.39, 0.29) is 5.91 Å². The van der Waals surface area contributed by atoms with Gasteiger partial charge in [0.15, 0.2) is 11.5 Å². The fourth-order valence-electron chi connectivity index (χ4n) is 3.49. The first-order chi connectivity index (χ1) is 14.0. The van der Waals surface area contributed by atoms with E-state index in [1.54, 1.807) is 4.68 Å². The van der Waals surface area contributed by atoms with Crippen molar-refractivity contribution in [2.75, 3.05) is 18.4 Å². The summed E-state index contributed by atoms with van der Waals surface area (Å²) in [5.41, 5.74) is 4.57. The Morgan fingerprint density at radius 3 is 2.69 bits per heavy atom. The number of hydrogen-bond acceptors (Lipinski definition) is 7. The summed E-state index contributed by atoms with van der Waals surface area (Å²) in [7, 11) is 0. The maximum absolute atomic E-state index is 12.4. The number of amides is 1. The summed E-state index contributed by atoms with van der Waals surface area (Å²) in [6.07, 6.45) is 3.88. The quantitative estimate of drug-likeness (QED) is 0.616. The van der Waals surface area contributed by atoms with E-state index in [9.17, 15) is 4.79 Å². The van der Waals surface area contributed by atoms with Gasteiger partial charge in [0.2, 0.25) is 0 Å². The summed E-state index contributed by atoms with van der Waals surface area (Å²) in [5.74, 6) is 1.97. The molecule has 1 aliphatic carbocycles. The van der Waals surface area contributed by atoms with Gasteiger partial charge >= 0.3 is 0 Å². The van der Waals surface area contributed by atoms with E-state index in [0.29, 0.717) is 30.4 Å². The Balaban J connectivity index is 1.29. The lowest BCUT2D eigenvalue weighted by Gasteiger charge is -2.10. The van der Waals surface area contributed by atoms with Crippen LogP contribution in [-0.2, 0) is 12.8 Å². The van der Waals surface area contributed by atoms with E-state index in [4.69, 9.17) is 4.52 Å². The van der Waals surface area contributed by atoms with Gasteiger partial charge in [-0.15, -0.1) is 10.2 Å². The molecule has 0 unspecified atom stereocenters. The van der Waals surface area contributed by atoms with Crippen molar-refractivity contribution in [2.45, 2.75) is 46.5 Å². The van der Waals surface area contributed by atoms with Crippen LogP contribution in [0.25, 0.3) is 5.82 Å². The van der Waals surface area contributed by atoms with Gasteiger partial charge in [0.05, 0.1) is 5.69 Å². The fraction of sp³-hybridized carbons (Fsp3) is 0.450. The van der Waals surface area contributed by atoms with E-state index in [1.807, 2.05) is 32.9 Å². The Hall–Kier alpha value is -3.23. The van der Waals surface area contributed by atoms with E-state index >= 15 is 0 Å². The maximum Gasteiger partial charge on any atom is 0.273 e. The molecule has 1 amide bonds. The molecule has 3 aromatic heterocycles. The smallest absolute Gasteiger partial charge is 0.273 e. The zero-order valence-corrected chi connectivity index (χ0v) is 16.9. The van der Waals surface area contributed by atoms with Crippen LogP contribution < -0.4 is 10.6 Å². The van der Waals surface area contributed by atoms with Crippen molar-refractivity contribution in [3.05, 3.63) is 46.1 Å². The van der Waals surface area contributed by atoms with Crippen molar-refractivity contribution in [3.63, 3.8) is 0 Å². The molecule has 0 aromatic carbocycles. The lowest BCUT2D eigenvalue weighted by molar-refractivity contribution is 0.0945. The molecule has 4 rings (SSSR count). The van der Waals surface area contributed by atoms with E-state index in [0.717, 1.165) is 54.0 Å². The van der Waals surface area contributed by atoms with Crippen LogP contribution in [0.2, 0.25) is 0 Å². The van der Waals surface area contributed by atoms with Crippen molar-refractivity contribution >= 4 is 11.7 Å². The Morgan fingerprint density at radius 1 is 1.14 bits per heavy atom. The van der Waals surface area contributed by atoms with Crippen molar-refractivity contribution in [1.29, 1.82) is 0 Å². The summed E-state index contributed by atoms with van der Waals surface area (Å²) in [4.78, 5) is 12.4. The molecule has 0 saturated carbocycles. The molecule has 9 heteroatoms. The van der Waals surface area contributed by atoms with Crippen LogP contribution in [0.5, 0.6) is 0 Å². The van der Waals surface area contributed by atoms with Crippen LogP contribution in [0, 0.1) is 20.8 Å². The molecule has 1 aliphatic rings. The van der Waals surface area contributed by atoms with Crippen LogP contribution in [-0.4, -0.2) is 44.1 Å². The summed E-state index contributed by atoms with van der Waals surface area (Å²) in [6, 6.07) is 3.72. The molecule has 29 heavy (non-hydrogen) atoms. The Morgan fingerprint density at radius 2 is 1.97 bits per heavy atom. The van der Waals surface area contributed by atoms with Crippen LogP contribution in [0.15, 0.2) is 16.7 Å². The zero-order chi connectivity index (χ0) is 20.4. The first-order valence-electron chi connectivity index (χ1n) is 9.91. The van der Waals surface area contributed by atoms with Gasteiger partial charge in [-0.25, -0.2) is 4.68 Å². The van der Waals surface area contributed by atoms with Crippen molar-refractivity contribution in [3.8, 4) is 5.82 Å². The van der Waals surface area contributed by atoms with E-state index in [1.165, 1.54) is 0 Å². The summed E-state index contributed by atoms with van der Waals surface area (Å²) >= 11 is 0. The van der Waals surface area contributed by atoms with Gasteiger partial charge in [0.25, 0.3) is 5.91 Å². The second-order valence-electron chi connectivity index (χ2n) is 7.31. The highest BCUT2D eigenvalue weighted by atomic mass is 16.5. The Bertz CT molecular complexity index is 1020. The minimum Gasteiger partial charge on any atom is -0.367 e. The molecule has 2 N–H and O–H groups in total. The molecule has 0 spiro atoms. The lowest BCUT2D eigenvalue weighted by Crippen LogP contribution is -2.30. The fourth-order valence-corrected chi connectivity index (χ4v) is 3.49. The molecule has 3 heterocycles. The monoisotopic (exact) mass is 395 g/mol. The lowest BCUT2D eigenvalue weighted by atomic mass is 9.96. The predicted molar refractivity (Wildman–Crippen MR) is 107 cm³/mol. The first-order valence-corrected chi connectivity index (χ1v) is 9.91. The van der Waals surface area contributed by atoms with Crippen LogP contribution >= 0.6 is 0 Å². The number of fused-ring (bicyclic) bond motifs is 1. The number of anilines is 1. The predicted octanol–water partition coefficient (Wildman–Crippen LogP) is 2.30. The van der Waals surface area contributed by atoms with Crippen LogP contribution in [0.1, 0.15) is 51.6 Å². The van der Waals surface area contributed by atoms with Crippen LogP contribution in [0.3, 0.4) is 0 Å². The highest BCUT2D eigenvalue weighted by Gasteiger charge is 2.23. The van der Waals surface area contributed by atoms with Gasteiger partial charge in [0.1, 0.15) is 11.6 Å². The summed E-state index contributed by atoms with van der Waals surface area (Å²) in [6.45, 7) is 7.00. The number of aryl methyl sites for hydroxylation is 2. The van der Waals surface area contributed by atoms with Gasteiger partial charge in [-0.1, -0.05) is 5.16 Å². The highest BCUT2D eigenvalue weighted by Crippen LogP contribution is 2.24. The topological polar surface area (TPSA) is 111 Å². The number of hydrogen-bond donors (Lipinski definition) is 2. The van der Waals surface area contributed by atoms with Gasteiger partial charge in [0, 0.05) is 30.8 Å². The highest BCUT2D eigenvalue weighted by molar-refractivity contribution is 5.93. The number of carbonyl (C=O) groups is 1. The maximum atomic E-state index is 12.4. The minimum absolute atomic E-state index is 0.194. The number of rotatable bonds is 6. The van der Waals surface area contributed by atoms with Crippen molar-refractivity contribution in [2.24, 2.45) is 0 Å². The molecule has 0 aliphatic heterocycles. The normalized spacial score (nSPS) is 13.2. The zero-order valence-electron chi connectivity index (χ0n) is 16.9. The molecule has 0 saturated heterocycles. The summed E-state index contributed by atoms with van der Waals surface area (Å²) in [5, 5.41) is 22.9. The molecule has 152 valence electrons. The largest absolute Gasteiger partial charge is 0.367 e. The van der Waals surface area contributed by atoms with Gasteiger partial charge < -0.3 is 15.2 Å². The average Bonchev–Trinajstić information content (AvgIpc) is 3.28. The Kier molecular flexibility index (Phi) is 5.28. The molecule has 0 bridgehead atoms. The summed E-state index contributed by atoms with van der Waals surface area (Å²) < 4.78 is 7.09. The van der Waals surface area contributed by atoms with E-state index < -0.39 is 0 Å². The third-order valence-corrected chi connectivity index (χ3v) is 5.40. The third kappa shape index (κ3) is 3.85. The molecular weight excluding hydrogens is 370 g/mol. The number of aromatic nitrogens is 5. The first kappa shape index (κ1) is 19.1. The molecule has 9 nitrogen and oxygen atoms in total. The van der Waals surface area contributed by atoms with Crippen molar-refractivity contribution < 1.29 is 9.32 Å². The van der Waals surface area contributed by atoms with E-state index in [2.05, 4.69) is 31.1 Å². The standard InChI is InChI=1S/C20H25N7O2/c1-12-13(2)25-27(14(12)3)18-9-8-17(23-24-18)21-10-11-22-20(28)19-15-6-4-5-7-16(15)29-26-19/h8-9H,4-7,10-11H2,1-3H3,(H,21,23)(H,22,28). The van der Waals surface area contributed by atoms with Crippen LogP contribution in [0.4, 0.5) is 5.82 Å². The molecule has 0 atom stereocenters. The molecule has 0 fully saturated rings. The second kappa shape index (κ2) is 8.02. The molecule has 3 aromatic rings. The van der Waals surface area contributed by atoms with Crippen molar-refractivity contribution in [1.82, 2.24) is 30.5 Å². The van der Waals surface area contributed by atoms with Gasteiger partial charge in [-0.3, -0.25) is 4.79 Å². The Labute approximate surface area is 168 Å². The number of nitrogens with one attached hydrogen (secondary N) is 2. The van der Waals surface area contributed by atoms with Gasteiger partial charge in [-0.2, -0.15) is 5.10 Å². The third-order valence-electron chi connectivity index (χ3n) is 5.40. The average molecular weight is 395 g/mol.